The van der Waals surface area contributed by atoms with Crippen molar-refractivity contribution in [1.29, 1.82) is 0 Å². The molecule has 1 aliphatic heterocycles. The van der Waals surface area contributed by atoms with Crippen LogP contribution >= 0.6 is 11.3 Å². The Morgan fingerprint density at radius 1 is 1.23 bits per heavy atom. The zero-order valence-corrected chi connectivity index (χ0v) is 26.8. The van der Waals surface area contributed by atoms with Crippen LogP contribution in [0.15, 0.2) is 45.7 Å². The Kier molecular flexibility index (Phi) is 11.8. The van der Waals surface area contributed by atoms with Crippen molar-refractivity contribution in [3.05, 3.63) is 46.4 Å². The van der Waals surface area contributed by atoms with Crippen molar-refractivity contribution in [1.82, 2.24) is 25.2 Å². The number of aryl methyl sites for hydroxylation is 1. The first kappa shape index (κ1) is 34.4. The number of thiazole rings is 1. The number of amides is 3. The first-order valence-corrected chi connectivity index (χ1v) is 16.4. The minimum absolute atomic E-state index is 0.0391. The van der Waals surface area contributed by atoms with Gasteiger partial charge in [-0.1, -0.05) is 17.7 Å². The summed E-state index contributed by atoms with van der Waals surface area (Å²) >= 11 is 1.13. The molecule has 1 saturated heterocycles. The molecule has 44 heavy (non-hydrogen) atoms. The zero-order chi connectivity index (χ0) is 32.5. The molecular weight excluding hydrogens is 610 g/mol. The van der Waals surface area contributed by atoms with Gasteiger partial charge in [0.15, 0.2) is 5.01 Å². The van der Waals surface area contributed by atoms with E-state index in [0.717, 1.165) is 16.9 Å². The number of aliphatic imine (C=N–C) groups is 1. The SMILES string of the molecule is Cc1ccc(S(=O)(=O)NC(N)=NCCC[C@H](NC(=O)CN2CCC[C@H](NC(=O)OC(C)(C)C)C2=O)C(=O)c2nccs2)cc1. The van der Waals surface area contributed by atoms with Gasteiger partial charge in [0.2, 0.25) is 23.6 Å². The number of alkyl carbamates (subject to hydrolysis) is 1. The van der Waals surface area contributed by atoms with Crippen LogP contribution in [-0.2, 0) is 24.3 Å². The number of ether oxygens (including phenoxy) is 1. The summed E-state index contributed by atoms with van der Waals surface area (Å²) in [4.78, 5) is 60.7. The molecule has 2 aromatic rings. The molecule has 1 fully saturated rings. The minimum Gasteiger partial charge on any atom is -0.444 e. The van der Waals surface area contributed by atoms with Crippen molar-refractivity contribution in [2.75, 3.05) is 19.6 Å². The van der Waals surface area contributed by atoms with E-state index in [1.54, 1.807) is 38.3 Å². The van der Waals surface area contributed by atoms with E-state index in [0.29, 0.717) is 19.4 Å². The number of likely N-dealkylation sites (tertiary alicyclic amines) is 1. The van der Waals surface area contributed by atoms with Crippen LogP contribution in [0.5, 0.6) is 0 Å². The van der Waals surface area contributed by atoms with Gasteiger partial charge in [0.25, 0.3) is 10.0 Å². The molecule has 1 aromatic heterocycles. The lowest BCUT2D eigenvalue weighted by molar-refractivity contribution is -0.140. The number of rotatable bonds is 12. The molecule has 16 heteroatoms. The second-order valence-electron chi connectivity index (χ2n) is 11.3. The van der Waals surface area contributed by atoms with E-state index in [9.17, 15) is 27.6 Å². The van der Waals surface area contributed by atoms with Gasteiger partial charge in [0.1, 0.15) is 11.6 Å². The molecule has 240 valence electrons. The van der Waals surface area contributed by atoms with Crippen molar-refractivity contribution in [2.45, 2.75) is 76.0 Å². The number of Topliss-reactive ketones (excluding diaryl/α,β-unsaturated/α-hetero) is 1. The fraction of sp³-hybridized carbons (Fsp3) is 0.500. The predicted octanol–water partition coefficient (Wildman–Crippen LogP) is 1.71. The lowest BCUT2D eigenvalue weighted by Crippen LogP contribution is -2.55. The van der Waals surface area contributed by atoms with Crippen LogP contribution in [0.2, 0.25) is 0 Å². The van der Waals surface area contributed by atoms with E-state index < -0.39 is 51.4 Å². The normalized spacial score (nSPS) is 16.6. The van der Waals surface area contributed by atoms with Crippen molar-refractivity contribution in [2.24, 2.45) is 10.7 Å². The van der Waals surface area contributed by atoms with Crippen molar-refractivity contribution in [3.63, 3.8) is 0 Å². The summed E-state index contributed by atoms with van der Waals surface area (Å²) in [5, 5.41) is 7.11. The van der Waals surface area contributed by atoms with Crippen LogP contribution in [0.4, 0.5) is 4.79 Å². The standard InChI is InChI=1S/C28H39N7O7S2/c1-18-9-11-19(12-10-18)44(40,41)34-26(29)31-13-5-7-20(23(37)24-30-14-16-43-24)32-22(36)17-35-15-6-8-21(25(35)38)33-27(39)42-28(2,3)4/h9-12,14,16,20-21H,5-8,13,15,17H2,1-4H3,(H,32,36)(H,33,39)(H3,29,31,34)/t20-,21-/m0/s1. The predicted molar refractivity (Wildman–Crippen MR) is 165 cm³/mol. The average molecular weight is 650 g/mol. The number of hydrogen-bond acceptors (Lipinski definition) is 10. The molecule has 14 nitrogen and oxygen atoms in total. The molecule has 0 spiro atoms. The smallest absolute Gasteiger partial charge is 0.408 e. The van der Waals surface area contributed by atoms with Gasteiger partial charge < -0.3 is 26.0 Å². The van der Waals surface area contributed by atoms with Gasteiger partial charge in [0.05, 0.1) is 17.5 Å². The van der Waals surface area contributed by atoms with Gasteiger partial charge >= 0.3 is 6.09 Å². The molecule has 0 radical (unpaired) electrons. The number of aromatic nitrogens is 1. The number of guanidine groups is 1. The first-order valence-electron chi connectivity index (χ1n) is 14.1. The van der Waals surface area contributed by atoms with Crippen molar-refractivity contribution in [3.8, 4) is 0 Å². The van der Waals surface area contributed by atoms with E-state index in [2.05, 4.69) is 25.3 Å². The average Bonchev–Trinajstić information content (AvgIpc) is 3.46. The summed E-state index contributed by atoms with van der Waals surface area (Å²) in [6.45, 7) is 7.06. The Morgan fingerprint density at radius 2 is 1.93 bits per heavy atom. The number of nitrogens with one attached hydrogen (secondary N) is 3. The van der Waals surface area contributed by atoms with Crippen LogP contribution in [0.25, 0.3) is 0 Å². The molecule has 2 heterocycles. The fourth-order valence-corrected chi connectivity index (χ4v) is 5.88. The Labute approximate surface area is 260 Å². The summed E-state index contributed by atoms with van der Waals surface area (Å²) in [7, 11) is -3.91. The topological polar surface area (TPSA) is 202 Å². The number of nitrogens with two attached hydrogens (primary N) is 1. The number of ketones is 1. The third kappa shape index (κ3) is 10.6. The maximum absolute atomic E-state index is 13.1. The Morgan fingerprint density at radius 3 is 2.57 bits per heavy atom. The summed E-state index contributed by atoms with van der Waals surface area (Å²) in [6.07, 6.45) is 2.16. The van der Waals surface area contributed by atoms with Crippen LogP contribution < -0.4 is 21.1 Å². The van der Waals surface area contributed by atoms with E-state index >= 15 is 0 Å². The molecule has 0 aliphatic carbocycles. The molecule has 0 unspecified atom stereocenters. The number of carbonyl (C=O) groups excluding carboxylic acids is 4. The van der Waals surface area contributed by atoms with Gasteiger partial charge in [-0.2, -0.15) is 0 Å². The molecule has 1 aliphatic rings. The van der Waals surface area contributed by atoms with Gasteiger partial charge in [0, 0.05) is 24.7 Å². The van der Waals surface area contributed by atoms with Crippen molar-refractivity contribution >= 4 is 51.0 Å². The maximum atomic E-state index is 13.1. The van der Waals surface area contributed by atoms with E-state index in [1.807, 2.05) is 6.92 Å². The highest BCUT2D eigenvalue weighted by Crippen LogP contribution is 2.15. The van der Waals surface area contributed by atoms with E-state index in [-0.39, 0.29) is 41.8 Å². The van der Waals surface area contributed by atoms with Crippen LogP contribution in [0.1, 0.15) is 61.8 Å². The molecule has 1 aromatic carbocycles. The molecule has 3 amide bonds. The minimum atomic E-state index is -3.91. The lowest BCUT2D eigenvalue weighted by Gasteiger charge is -2.33. The van der Waals surface area contributed by atoms with Crippen LogP contribution in [-0.4, -0.2) is 85.3 Å². The number of carbonyl (C=O) groups is 4. The number of hydrogen-bond donors (Lipinski definition) is 4. The number of benzene rings is 1. The Balaban J connectivity index is 1.58. The molecular formula is C28H39N7O7S2. The highest BCUT2D eigenvalue weighted by Gasteiger charge is 2.33. The number of sulfonamides is 1. The van der Waals surface area contributed by atoms with Gasteiger partial charge in [-0.25, -0.2) is 22.9 Å². The maximum Gasteiger partial charge on any atom is 0.408 e. The largest absolute Gasteiger partial charge is 0.444 e. The van der Waals surface area contributed by atoms with E-state index in [1.165, 1.54) is 23.2 Å². The monoisotopic (exact) mass is 649 g/mol. The molecule has 0 bridgehead atoms. The highest BCUT2D eigenvalue weighted by molar-refractivity contribution is 7.90. The first-order chi connectivity index (χ1) is 20.6. The summed E-state index contributed by atoms with van der Waals surface area (Å²) < 4.78 is 32.5. The highest BCUT2D eigenvalue weighted by atomic mass is 32.2. The van der Waals surface area contributed by atoms with Gasteiger partial charge in [-0.05, 0) is 65.5 Å². The third-order valence-corrected chi connectivity index (χ3v) is 8.51. The fourth-order valence-electron chi connectivity index (χ4n) is 4.30. The second-order valence-corrected chi connectivity index (χ2v) is 13.8. The lowest BCUT2D eigenvalue weighted by atomic mass is 10.0. The molecule has 2 atom stereocenters. The molecule has 0 saturated carbocycles. The quantitative estimate of drug-likeness (QED) is 0.114. The second kappa shape index (κ2) is 15.1. The van der Waals surface area contributed by atoms with Gasteiger partial charge in [-0.3, -0.25) is 19.4 Å². The van der Waals surface area contributed by atoms with Crippen LogP contribution in [0.3, 0.4) is 0 Å². The summed E-state index contributed by atoms with van der Waals surface area (Å²) in [5.74, 6) is -1.69. The Hall–Kier alpha value is -4.05. The molecule has 5 N–H and O–H groups in total. The summed E-state index contributed by atoms with van der Waals surface area (Å²) in [5.41, 5.74) is 5.97. The number of piperidine rings is 1. The third-order valence-electron chi connectivity index (χ3n) is 6.35. The molecule has 3 rings (SSSR count). The van der Waals surface area contributed by atoms with E-state index in [4.69, 9.17) is 10.5 Å². The Bertz CT molecular complexity index is 1450. The van der Waals surface area contributed by atoms with Crippen molar-refractivity contribution < 1.29 is 32.3 Å². The summed E-state index contributed by atoms with van der Waals surface area (Å²) in [6, 6.07) is 4.44. The van der Waals surface area contributed by atoms with Gasteiger partial charge in [-0.15, -0.1) is 11.3 Å². The van der Waals surface area contributed by atoms with Crippen LogP contribution in [0, 0.1) is 6.92 Å². The zero-order valence-electron chi connectivity index (χ0n) is 25.2. The number of nitrogens with zero attached hydrogens (tertiary/aromatic N) is 3.